The fraction of sp³-hybridized carbons (Fsp3) is 0.222. The molecule has 2 rings (SSSR count). The van der Waals surface area contributed by atoms with Crippen LogP contribution in [0.15, 0.2) is 12.3 Å². The van der Waals surface area contributed by atoms with E-state index in [9.17, 15) is 4.79 Å². The van der Waals surface area contributed by atoms with E-state index in [1.165, 1.54) is 0 Å². The number of nitrogens with zero attached hydrogens (tertiary/aromatic N) is 3. The molecule has 0 aliphatic rings. The Labute approximate surface area is 80.0 Å². The maximum atomic E-state index is 10.8. The molecular weight excluding hydrogens is 182 g/mol. The number of imidazole rings is 1. The largest absolute Gasteiger partial charge is 0.476 e. The molecule has 72 valence electrons. The molecule has 0 fully saturated rings. The van der Waals surface area contributed by atoms with Gasteiger partial charge in [0.25, 0.3) is 0 Å². The lowest BCUT2D eigenvalue weighted by Crippen LogP contribution is -2.01. The maximum absolute atomic E-state index is 10.8. The summed E-state index contributed by atoms with van der Waals surface area (Å²) in [5.74, 6) is -0.273. The molecule has 2 heterocycles. The highest BCUT2D eigenvalue weighted by Crippen LogP contribution is 2.12. The molecule has 0 saturated carbocycles. The van der Waals surface area contributed by atoms with Gasteiger partial charge in [0, 0.05) is 6.20 Å². The van der Waals surface area contributed by atoms with Crippen molar-refractivity contribution in [1.82, 2.24) is 14.4 Å². The van der Waals surface area contributed by atoms with Crippen molar-refractivity contribution in [3.05, 3.63) is 29.5 Å². The first kappa shape index (κ1) is 8.68. The Balaban J connectivity index is 2.87. The normalized spacial score (nSPS) is 10.7. The third-order valence-corrected chi connectivity index (χ3v) is 2.14. The number of aromatic nitrogens is 3. The quantitative estimate of drug-likeness (QED) is 0.731. The number of carboxylic acid groups (broad SMARTS) is 1. The molecule has 0 radical (unpaired) electrons. The first-order chi connectivity index (χ1) is 6.61. The second kappa shape index (κ2) is 2.80. The fourth-order valence-electron chi connectivity index (χ4n) is 1.52. The van der Waals surface area contributed by atoms with E-state index in [4.69, 9.17) is 5.11 Å². The van der Waals surface area contributed by atoms with E-state index in [1.54, 1.807) is 23.6 Å². The van der Waals surface area contributed by atoms with Gasteiger partial charge < -0.3 is 5.11 Å². The topological polar surface area (TPSA) is 67.5 Å². The number of hydrogen-bond acceptors (Lipinski definition) is 3. The Kier molecular flexibility index (Phi) is 1.73. The molecule has 0 aliphatic carbocycles. The number of rotatable bonds is 1. The number of carbonyl (C=O) groups is 1. The molecule has 0 unspecified atom stereocenters. The van der Waals surface area contributed by atoms with E-state index < -0.39 is 5.97 Å². The van der Waals surface area contributed by atoms with Crippen LogP contribution in [-0.2, 0) is 0 Å². The molecule has 5 heteroatoms. The third-order valence-electron chi connectivity index (χ3n) is 2.14. The molecular formula is C9H9N3O2. The lowest BCUT2D eigenvalue weighted by molar-refractivity contribution is 0.0690. The molecule has 0 aliphatic heterocycles. The zero-order valence-electron chi connectivity index (χ0n) is 7.85. The monoisotopic (exact) mass is 191 g/mol. The Morgan fingerprint density at radius 3 is 2.79 bits per heavy atom. The molecule has 0 spiro atoms. The minimum atomic E-state index is -1.01. The van der Waals surface area contributed by atoms with Crippen LogP contribution in [-0.4, -0.2) is 25.4 Å². The minimum absolute atomic E-state index is 0.0844. The van der Waals surface area contributed by atoms with Gasteiger partial charge in [0.05, 0.1) is 5.69 Å². The van der Waals surface area contributed by atoms with Crippen LogP contribution in [0.5, 0.6) is 0 Å². The van der Waals surface area contributed by atoms with Gasteiger partial charge >= 0.3 is 5.97 Å². The van der Waals surface area contributed by atoms with Gasteiger partial charge in [-0.15, -0.1) is 0 Å². The van der Waals surface area contributed by atoms with Gasteiger partial charge in [0.1, 0.15) is 11.5 Å². The zero-order chi connectivity index (χ0) is 10.3. The standard InChI is InChI=1S/C9H9N3O2/c1-5-8(9(13)14)11-7-3-4-10-6(2)12(5)7/h3-4H,1-2H3,(H,13,14). The molecule has 0 bridgehead atoms. The molecule has 1 N–H and O–H groups in total. The Bertz CT molecular complexity index is 516. The van der Waals surface area contributed by atoms with Gasteiger partial charge in [0.2, 0.25) is 0 Å². The summed E-state index contributed by atoms with van der Waals surface area (Å²) < 4.78 is 1.73. The predicted molar refractivity (Wildman–Crippen MR) is 49.4 cm³/mol. The van der Waals surface area contributed by atoms with Crippen LogP contribution in [0.2, 0.25) is 0 Å². The van der Waals surface area contributed by atoms with E-state index in [2.05, 4.69) is 9.97 Å². The highest BCUT2D eigenvalue weighted by Gasteiger charge is 2.15. The number of aryl methyl sites for hydroxylation is 2. The molecule has 0 atom stereocenters. The van der Waals surface area contributed by atoms with Crippen molar-refractivity contribution in [3.8, 4) is 0 Å². The van der Waals surface area contributed by atoms with Crippen molar-refractivity contribution in [3.63, 3.8) is 0 Å². The van der Waals surface area contributed by atoms with Gasteiger partial charge in [0.15, 0.2) is 5.69 Å². The van der Waals surface area contributed by atoms with Gasteiger partial charge in [-0.05, 0) is 19.9 Å². The van der Waals surface area contributed by atoms with Crippen LogP contribution >= 0.6 is 0 Å². The molecule has 5 nitrogen and oxygen atoms in total. The SMILES string of the molecule is Cc1nccc2nc(C(=O)O)c(C)n12. The highest BCUT2D eigenvalue weighted by atomic mass is 16.4. The summed E-state index contributed by atoms with van der Waals surface area (Å²) in [6.45, 7) is 3.53. The second-order valence-corrected chi connectivity index (χ2v) is 3.04. The van der Waals surface area contributed by atoms with E-state index in [0.29, 0.717) is 11.3 Å². The summed E-state index contributed by atoms with van der Waals surface area (Å²) >= 11 is 0. The molecule has 14 heavy (non-hydrogen) atoms. The minimum Gasteiger partial charge on any atom is -0.476 e. The van der Waals surface area contributed by atoms with Crippen LogP contribution in [0.1, 0.15) is 22.0 Å². The van der Waals surface area contributed by atoms with Crippen LogP contribution in [0.4, 0.5) is 0 Å². The van der Waals surface area contributed by atoms with Crippen molar-refractivity contribution in [2.24, 2.45) is 0 Å². The highest BCUT2D eigenvalue weighted by molar-refractivity contribution is 5.87. The predicted octanol–water partition coefficient (Wildman–Crippen LogP) is 1.04. The maximum Gasteiger partial charge on any atom is 0.356 e. The van der Waals surface area contributed by atoms with Gasteiger partial charge in [-0.25, -0.2) is 14.8 Å². The van der Waals surface area contributed by atoms with Crippen molar-refractivity contribution in [2.45, 2.75) is 13.8 Å². The molecule has 2 aromatic rings. The zero-order valence-corrected chi connectivity index (χ0v) is 7.85. The molecule has 2 aromatic heterocycles. The number of hydrogen-bond donors (Lipinski definition) is 1. The van der Waals surface area contributed by atoms with Crippen LogP contribution < -0.4 is 0 Å². The van der Waals surface area contributed by atoms with Crippen molar-refractivity contribution < 1.29 is 9.90 Å². The summed E-state index contributed by atoms with van der Waals surface area (Å²) in [5.41, 5.74) is 1.31. The Hall–Kier alpha value is -1.91. The van der Waals surface area contributed by atoms with Gasteiger partial charge in [-0.2, -0.15) is 0 Å². The fourth-order valence-corrected chi connectivity index (χ4v) is 1.52. The molecule has 0 amide bonds. The Morgan fingerprint density at radius 1 is 1.50 bits per heavy atom. The Morgan fingerprint density at radius 2 is 2.21 bits per heavy atom. The van der Waals surface area contributed by atoms with Crippen molar-refractivity contribution in [1.29, 1.82) is 0 Å². The second-order valence-electron chi connectivity index (χ2n) is 3.04. The van der Waals surface area contributed by atoms with E-state index in [0.717, 1.165) is 5.82 Å². The smallest absolute Gasteiger partial charge is 0.356 e. The van der Waals surface area contributed by atoms with Gasteiger partial charge in [-0.1, -0.05) is 0 Å². The first-order valence-electron chi connectivity index (χ1n) is 4.15. The van der Waals surface area contributed by atoms with E-state index >= 15 is 0 Å². The van der Waals surface area contributed by atoms with Crippen LogP contribution in [0, 0.1) is 13.8 Å². The van der Waals surface area contributed by atoms with Crippen LogP contribution in [0.3, 0.4) is 0 Å². The molecule has 0 aromatic carbocycles. The van der Waals surface area contributed by atoms with Crippen LogP contribution in [0.25, 0.3) is 5.65 Å². The number of fused-ring (bicyclic) bond motifs is 1. The summed E-state index contributed by atoms with van der Waals surface area (Å²) in [6, 6.07) is 1.69. The van der Waals surface area contributed by atoms with E-state index in [-0.39, 0.29) is 5.69 Å². The summed E-state index contributed by atoms with van der Waals surface area (Å²) in [6.07, 6.45) is 1.61. The number of carboxylic acids is 1. The van der Waals surface area contributed by atoms with E-state index in [1.807, 2.05) is 6.92 Å². The summed E-state index contributed by atoms with van der Waals surface area (Å²) in [4.78, 5) is 18.9. The lowest BCUT2D eigenvalue weighted by atomic mass is 10.3. The van der Waals surface area contributed by atoms with Gasteiger partial charge in [-0.3, -0.25) is 4.40 Å². The van der Waals surface area contributed by atoms with Crippen molar-refractivity contribution >= 4 is 11.6 Å². The summed E-state index contributed by atoms with van der Waals surface area (Å²) in [5, 5.41) is 8.86. The average Bonchev–Trinajstić information content (AvgIpc) is 2.45. The third kappa shape index (κ3) is 1.06. The first-order valence-corrected chi connectivity index (χ1v) is 4.15. The average molecular weight is 191 g/mol. The summed E-state index contributed by atoms with van der Waals surface area (Å²) in [7, 11) is 0. The van der Waals surface area contributed by atoms with Crippen molar-refractivity contribution in [2.75, 3.05) is 0 Å². The molecule has 0 saturated heterocycles. The lowest BCUT2D eigenvalue weighted by Gasteiger charge is -1.99. The number of aromatic carboxylic acids is 1.